The quantitative estimate of drug-likeness (QED) is 0.572. The zero-order chi connectivity index (χ0) is 16.6. The molecule has 1 saturated carbocycles. The number of allylic oxidation sites excluding steroid dienone is 1. The molecule has 1 amide bonds. The van der Waals surface area contributed by atoms with Crippen LogP contribution in [-0.4, -0.2) is 29.8 Å². The lowest BCUT2D eigenvalue weighted by Gasteiger charge is -2.31. The first kappa shape index (κ1) is 19.0. The molecule has 1 aliphatic rings. The second-order valence-electron chi connectivity index (χ2n) is 7.43. The molecule has 3 unspecified atom stereocenters. The third kappa shape index (κ3) is 7.83. The summed E-state index contributed by atoms with van der Waals surface area (Å²) in [5, 5.41) is 6.78. The topological polar surface area (TPSA) is 50.4 Å². The van der Waals surface area contributed by atoms with E-state index in [0.717, 1.165) is 25.7 Å². The fourth-order valence-corrected chi connectivity index (χ4v) is 2.96. The SMILES string of the molecule is C=CCCC(C)NC1CCCCCC1NC(=O)OC(C)(C)C. The maximum absolute atomic E-state index is 12.1. The third-order valence-corrected chi connectivity index (χ3v) is 4.02. The van der Waals surface area contributed by atoms with Crippen molar-refractivity contribution >= 4 is 6.09 Å². The molecule has 0 aromatic carbocycles. The Labute approximate surface area is 136 Å². The van der Waals surface area contributed by atoms with E-state index < -0.39 is 5.60 Å². The standard InChI is InChI=1S/C18H34N2O2/c1-6-7-11-14(2)19-15-12-9-8-10-13-16(15)20-17(21)22-18(3,4)5/h6,14-16,19H,1,7-13H2,2-5H3,(H,20,21). The summed E-state index contributed by atoms with van der Waals surface area (Å²) in [6.45, 7) is 11.7. The number of amides is 1. The van der Waals surface area contributed by atoms with Gasteiger partial charge in [-0.1, -0.05) is 25.3 Å². The second kappa shape index (κ2) is 9.19. The van der Waals surface area contributed by atoms with Gasteiger partial charge in [-0.25, -0.2) is 4.79 Å². The van der Waals surface area contributed by atoms with Crippen LogP contribution >= 0.6 is 0 Å². The highest BCUT2D eigenvalue weighted by Crippen LogP contribution is 2.20. The highest BCUT2D eigenvalue weighted by molar-refractivity contribution is 5.68. The summed E-state index contributed by atoms with van der Waals surface area (Å²) in [7, 11) is 0. The van der Waals surface area contributed by atoms with Crippen molar-refractivity contribution in [2.75, 3.05) is 0 Å². The predicted octanol–water partition coefficient (Wildman–Crippen LogP) is 4.16. The molecule has 128 valence electrons. The number of hydrogen-bond donors (Lipinski definition) is 2. The lowest BCUT2D eigenvalue weighted by atomic mass is 10.0. The molecule has 4 heteroatoms. The molecule has 0 aromatic heterocycles. The van der Waals surface area contributed by atoms with Crippen LogP contribution in [0.3, 0.4) is 0 Å². The maximum atomic E-state index is 12.1. The summed E-state index contributed by atoms with van der Waals surface area (Å²) < 4.78 is 5.41. The van der Waals surface area contributed by atoms with E-state index in [2.05, 4.69) is 24.1 Å². The molecule has 0 spiro atoms. The van der Waals surface area contributed by atoms with Gasteiger partial charge in [0.2, 0.25) is 0 Å². The van der Waals surface area contributed by atoms with Crippen molar-refractivity contribution in [1.29, 1.82) is 0 Å². The first-order chi connectivity index (χ1) is 10.3. The number of ether oxygens (including phenoxy) is 1. The third-order valence-electron chi connectivity index (χ3n) is 4.02. The molecule has 2 N–H and O–H groups in total. The Kier molecular flexibility index (Phi) is 7.94. The first-order valence-corrected chi connectivity index (χ1v) is 8.68. The van der Waals surface area contributed by atoms with Crippen LogP contribution in [0, 0.1) is 0 Å². The van der Waals surface area contributed by atoms with Crippen LogP contribution in [0.1, 0.15) is 72.6 Å². The lowest BCUT2D eigenvalue weighted by Crippen LogP contribution is -2.52. The minimum atomic E-state index is -0.449. The average molecular weight is 310 g/mol. The number of hydrogen-bond acceptors (Lipinski definition) is 3. The minimum absolute atomic E-state index is 0.156. The molecule has 0 aliphatic heterocycles. The lowest BCUT2D eigenvalue weighted by molar-refractivity contribution is 0.0488. The Morgan fingerprint density at radius 3 is 2.50 bits per heavy atom. The van der Waals surface area contributed by atoms with E-state index in [1.807, 2.05) is 26.8 Å². The van der Waals surface area contributed by atoms with Crippen molar-refractivity contribution < 1.29 is 9.53 Å². The van der Waals surface area contributed by atoms with Crippen molar-refractivity contribution in [3.05, 3.63) is 12.7 Å². The summed E-state index contributed by atoms with van der Waals surface area (Å²) >= 11 is 0. The molecule has 3 atom stereocenters. The van der Waals surface area contributed by atoms with Crippen LogP contribution in [0.2, 0.25) is 0 Å². The van der Waals surface area contributed by atoms with E-state index in [1.165, 1.54) is 19.3 Å². The minimum Gasteiger partial charge on any atom is -0.444 e. The van der Waals surface area contributed by atoms with Crippen molar-refractivity contribution in [1.82, 2.24) is 10.6 Å². The van der Waals surface area contributed by atoms with Gasteiger partial charge in [0.1, 0.15) is 5.60 Å². The summed E-state index contributed by atoms with van der Waals surface area (Å²) in [6, 6.07) is 0.919. The highest BCUT2D eigenvalue weighted by Gasteiger charge is 2.27. The fourth-order valence-electron chi connectivity index (χ4n) is 2.96. The predicted molar refractivity (Wildman–Crippen MR) is 92.1 cm³/mol. The van der Waals surface area contributed by atoms with Crippen LogP contribution in [0.4, 0.5) is 4.79 Å². The van der Waals surface area contributed by atoms with Crippen LogP contribution < -0.4 is 10.6 Å². The normalized spacial score (nSPS) is 24.2. The van der Waals surface area contributed by atoms with Gasteiger partial charge in [0.25, 0.3) is 0 Å². The Bertz CT molecular complexity index is 349. The van der Waals surface area contributed by atoms with Crippen LogP contribution in [0.15, 0.2) is 12.7 Å². The summed E-state index contributed by atoms with van der Waals surface area (Å²) in [6.07, 6.45) is 9.52. The van der Waals surface area contributed by atoms with Crippen molar-refractivity contribution in [3.8, 4) is 0 Å². The zero-order valence-corrected chi connectivity index (χ0v) is 14.8. The molecule has 0 saturated heterocycles. The Morgan fingerprint density at radius 1 is 1.27 bits per heavy atom. The van der Waals surface area contributed by atoms with E-state index >= 15 is 0 Å². The fraction of sp³-hybridized carbons (Fsp3) is 0.833. The van der Waals surface area contributed by atoms with Crippen molar-refractivity contribution in [3.63, 3.8) is 0 Å². The number of rotatable bonds is 6. The molecule has 0 aromatic rings. The Hall–Kier alpha value is -1.03. The van der Waals surface area contributed by atoms with Crippen molar-refractivity contribution in [2.24, 2.45) is 0 Å². The van der Waals surface area contributed by atoms with Gasteiger partial charge in [0.15, 0.2) is 0 Å². The van der Waals surface area contributed by atoms with Gasteiger partial charge in [-0.15, -0.1) is 6.58 Å². The number of carbonyl (C=O) groups excluding carboxylic acids is 1. The Morgan fingerprint density at radius 2 is 1.91 bits per heavy atom. The maximum Gasteiger partial charge on any atom is 0.407 e. The molecule has 1 fully saturated rings. The van der Waals surface area contributed by atoms with Gasteiger partial charge in [-0.3, -0.25) is 0 Å². The molecule has 0 heterocycles. The molecule has 0 radical (unpaired) electrons. The van der Waals surface area contributed by atoms with Crippen molar-refractivity contribution in [2.45, 2.75) is 96.4 Å². The van der Waals surface area contributed by atoms with E-state index in [1.54, 1.807) is 0 Å². The van der Waals surface area contributed by atoms with Gasteiger partial charge in [0, 0.05) is 18.1 Å². The molecule has 0 bridgehead atoms. The monoisotopic (exact) mass is 310 g/mol. The van der Waals surface area contributed by atoms with E-state index in [4.69, 9.17) is 4.74 Å². The first-order valence-electron chi connectivity index (χ1n) is 8.68. The van der Waals surface area contributed by atoms with E-state index in [-0.39, 0.29) is 12.1 Å². The van der Waals surface area contributed by atoms with Gasteiger partial charge >= 0.3 is 6.09 Å². The molecular weight excluding hydrogens is 276 g/mol. The van der Waals surface area contributed by atoms with Crippen LogP contribution in [0.5, 0.6) is 0 Å². The number of carbonyl (C=O) groups is 1. The van der Waals surface area contributed by atoms with E-state index in [0.29, 0.717) is 12.1 Å². The van der Waals surface area contributed by atoms with E-state index in [9.17, 15) is 4.79 Å². The van der Waals surface area contributed by atoms with Gasteiger partial charge < -0.3 is 15.4 Å². The zero-order valence-electron chi connectivity index (χ0n) is 14.8. The molecule has 4 nitrogen and oxygen atoms in total. The van der Waals surface area contributed by atoms with Crippen LogP contribution in [-0.2, 0) is 4.74 Å². The average Bonchev–Trinajstić information content (AvgIpc) is 2.60. The second-order valence-corrected chi connectivity index (χ2v) is 7.43. The molecule has 1 aliphatic carbocycles. The smallest absolute Gasteiger partial charge is 0.407 e. The highest BCUT2D eigenvalue weighted by atomic mass is 16.6. The Balaban J connectivity index is 2.57. The summed E-state index contributed by atoms with van der Waals surface area (Å²) in [5.41, 5.74) is -0.449. The summed E-state index contributed by atoms with van der Waals surface area (Å²) in [4.78, 5) is 12.1. The molecule has 22 heavy (non-hydrogen) atoms. The number of nitrogens with one attached hydrogen (secondary N) is 2. The number of alkyl carbamates (subject to hydrolysis) is 1. The largest absolute Gasteiger partial charge is 0.444 e. The molecule has 1 rings (SSSR count). The van der Waals surface area contributed by atoms with Gasteiger partial charge in [-0.2, -0.15) is 0 Å². The van der Waals surface area contributed by atoms with Crippen LogP contribution in [0.25, 0.3) is 0 Å². The van der Waals surface area contributed by atoms with Gasteiger partial charge in [0.05, 0.1) is 0 Å². The molecular formula is C18H34N2O2. The van der Waals surface area contributed by atoms with Gasteiger partial charge in [-0.05, 0) is 53.4 Å². The summed E-state index contributed by atoms with van der Waals surface area (Å²) in [5.74, 6) is 0.